The van der Waals surface area contributed by atoms with Gasteiger partial charge in [-0.2, -0.15) is 0 Å². The van der Waals surface area contributed by atoms with Crippen molar-refractivity contribution in [1.82, 2.24) is 4.90 Å². The minimum atomic E-state index is -0.0529. The normalized spacial score (nSPS) is 34.8. The first kappa shape index (κ1) is 16.2. The monoisotopic (exact) mass is 270 g/mol. The molecule has 1 fully saturated rings. The highest BCUT2D eigenvalue weighted by Crippen LogP contribution is 2.45. The summed E-state index contributed by atoms with van der Waals surface area (Å²) in [5, 5.41) is 0. The van der Waals surface area contributed by atoms with Crippen molar-refractivity contribution in [2.24, 2.45) is 16.7 Å². The quantitative estimate of drug-likeness (QED) is 0.674. The standard InChI is InChI=1S/C16H33NP/c1-8-16(5)9-10-17(13-18(6)7)11-14(2)15(3,4)12-16/h14H,6,8-13H2,1-5,7H3/q+1. The van der Waals surface area contributed by atoms with E-state index in [4.69, 9.17) is 0 Å². The van der Waals surface area contributed by atoms with Gasteiger partial charge in [-0.05, 0) is 29.6 Å². The Morgan fingerprint density at radius 1 is 1.33 bits per heavy atom. The van der Waals surface area contributed by atoms with Crippen LogP contribution in [0.25, 0.3) is 0 Å². The molecule has 1 nitrogen and oxygen atoms in total. The fraction of sp³-hybridized carbons (Fsp3) is 0.938. The summed E-state index contributed by atoms with van der Waals surface area (Å²) in [5.41, 5.74) is 0.981. The molecule has 1 aliphatic heterocycles. The Kier molecular flexibility index (Phi) is 5.44. The van der Waals surface area contributed by atoms with Crippen LogP contribution in [0.15, 0.2) is 0 Å². The smallest absolute Gasteiger partial charge is 0.158 e. The topological polar surface area (TPSA) is 3.24 Å². The van der Waals surface area contributed by atoms with Crippen LogP contribution in [0.1, 0.15) is 53.9 Å². The van der Waals surface area contributed by atoms with Gasteiger partial charge in [-0.25, -0.2) is 0 Å². The van der Waals surface area contributed by atoms with Gasteiger partial charge in [-0.3, -0.25) is 4.90 Å². The first-order valence-corrected chi connectivity index (χ1v) is 9.58. The Morgan fingerprint density at radius 3 is 2.44 bits per heavy atom. The van der Waals surface area contributed by atoms with Gasteiger partial charge in [-0.1, -0.05) is 41.0 Å². The van der Waals surface area contributed by atoms with Gasteiger partial charge >= 0.3 is 0 Å². The maximum atomic E-state index is 4.23. The van der Waals surface area contributed by atoms with Crippen LogP contribution in [0.5, 0.6) is 0 Å². The number of hydrogen-bond donors (Lipinski definition) is 0. The van der Waals surface area contributed by atoms with E-state index in [1.54, 1.807) is 0 Å². The van der Waals surface area contributed by atoms with Crippen LogP contribution in [0.2, 0.25) is 0 Å². The van der Waals surface area contributed by atoms with Gasteiger partial charge in [0.05, 0.1) is 20.5 Å². The molecule has 0 saturated carbocycles. The zero-order chi connectivity index (χ0) is 14.0. The summed E-state index contributed by atoms with van der Waals surface area (Å²) in [5.74, 6) is 0.777. The van der Waals surface area contributed by atoms with Crippen molar-refractivity contribution in [2.75, 3.05) is 26.0 Å². The summed E-state index contributed by atoms with van der Waals surface area (Å²) in [6, 6.07) is 0. The third kappa shape index (κ3) is 4.35. The second kappa shape index (κ2) is 6.06. The lowest BCUT2D eigenvalue weighted by molar-refractivity contribution is 0.0491. The maximum absolute atomic E-state index is 4.23. The van der Waals surface area contributed by atoms with Gasteiger partial charge in [0.15, 0.2) is 6.29 Å². The Morgan fingerprint density at radius 2 is 1.94 bits per heavy atom. The molecule has 2 heteroatoms. The number of likely N-dealkylation sites (tertiary alicyclic amines) is 1. The lowest BCUT2D eigenvalue weighted by Crippen LogP contribution is -2.43. The Labute approximate surface area is 116 Å². The molecule has 0 spiro atoms. The third-order valence-electron chi connectivity index (χ3n) is 5.08. The second-order valence-electron chi connectivity index (χ2n) is 7.56. The van der Waals surface area contributed by atoms with E-state index in [0.717, 1.165) is 5.92 Å². The van der Waals surface area contributed by atoms with E-state index in [1.807, 2.05) is 0 Å². The van der Waals surface area contributed by atoms with E-state index in [2.05, 4.69) is 52.5 Å². The zero-order valence-corrected chi connectivity index (χ0v) is 14.3. The van der Waals surface area contributed by atoms with Gasteiger partial charge in [0.1, 0.15) is 0 Å². The predicted octanol–water partition coefficient (Wildman–Crippen LogP) is 4.66. The van der Waals surface area contributed by atoms with Crippen LogP contribution in [0.4, 0.5) is 0 Å². The molecule has 0 amide bonds. The average molecular weight is 270 g/mol. The van der Waals surface area contributed by atoms with E-state index in [0.29, 0.717) is 10.8 Å². The van der Waals surface area contributed by atoms with E-state index in [1.165, 1.54) is 38.6 Å². The summed E-state index contributed by atoms with van der Waals surface area (Å²) < 4.78 is 0. The van der Waals surface area contributed by atoms with Gasteiger partial charge in [0.25, 0.3) is 0 Å². The van der Waals surface area contributed by atoms with Gasteiger partial charge in [0.2, 0.25) is 0 Å². The molecule has 1 rings (SSSR count). The Balaban J connectivity index is 2.85. The lowest BCUT2D eigenvalue weighted by atomic mass is 9.65. The summed E-state index contributed by atoms with van der Waals surface area (Å²) in [7, 11) is -0.0529. The molecule has 1 aliphatic rings. The molecule has 0 aromatic carbocycles. The molecule has 3 atom stereocenters. The summed E-state index contributed by atoms with van der Waals surface area (Å²) in [6.45, 7) is 17.0. The summed E-state index contributed by atoms with van der Waals surface area (Å²) in [6.07, 6.45) is 9.48. The summed E-state index contributed by atoms with van der Waals surface area (Å²) in [4.78, 5) is 2.68. The molecule has 0 radical (unpaired) electrons. The molecular weight excluding hydrogens is 237 g/mol. The molecule has 106 valence electrons. The van der Waals surface area contributed by atoms with Crippen LogP contribution in [-0.4, -0.2) is 37.2 Å². The largest absolute Gasteiger partial charge is 0.265 e. The van der Waals surface area contributed by atoms with Crippen molar-refractivity contribution in [1.29, 1.82) is 0 Å². The molecule has 0 aromatic rings. The average Bonchev–Trinajstić information content (AvgIpc) is 2.23. The third-order valence-corrected chi connectivity index (χ3v) is 5.96. The first-order valence-electron chi connectivity index (χ1n) is 7.42. The fourth-order valence-corrected chi connectivity index (χ4v) is 4.23. The van der Waals surface area contributed by atoms with Crippen molar-refractivity contribution < 1.29 is 0 Å². The Hall–Kier alpha value is 0.130. The van der Waals surface area contributed by atoms with Crippen molar-refractivity contribution in [3.63, 3.8) is 0 Å². The molecule has 0 aliphatic carbocycles. The molecule has 0 aromatic heterocycles. The second-order valence-corrected chi connectivity index (χ2v) is 9.55. The molecule has 0 N–H and O–H groups in total. The molecule has 0 bridgehead atoms. The first-order chi connectivity index (χ1) is 8.18. The van der Waals surface area contributed by atoms with Crippen LogP contribution < -0.4 is 0 Å². The van der Waals surface area contributed by atoms with E-state index in [-0.39, 0.29) is 7.55 Å². The molecule has 1 saturated heterocycles. The minimum absolute atomic E-state index is 0.0529. The number of nitrogens with zero attached hydrogens (tertiary/aromatic N) is 1. The summed E-state index contributed by atoms with van der Waals surface area (Å²) >= 11 is 0. The minimum Gasteiger partial charge on any atom is -0.265 e. The fourth-order valence-electron chi connectivity index (χ4n) is 3.29. The number of rotatable bonds is 3. The molecule has 1 heterocycles. The highest BCUT2D eigenvalue weighted by Gasteiger charge is 2.38. The highest BCUT2D eigenvalue weighted by molar-refractivity contribution is 7.54. The van der Waals surface area contributed by atoms with Crippen molar-refractivity contribution in [3.05, 3.63) is 0 Å². The van der Waals surface area contributed by atoms with E-state index in [9.17, 15) is 0 Å². The molecular formula is C16H33NP+. The van der Waals surface area contributed by atoms with Crippen molar-refractivity contribution >= 4 is 13.8 Å². The SMILES string of the molecule is C=[P+](C)CN1CCC(C)(CC)CC(C)(C)C(C)C1. The zero-order valence-electron chi connectivity index (χ0n) is 13.4. The van der Waals surface area contributed by atoms with E-state index < -0.39 is 0 Å². The maximum Gasteiger partial charge on any atom is 0.158 e. The van der Waals surface area contributed by atoms with Gasteiger partial charge in [0, 0.05) is 13.1 Å². The molecule has 18 heavy (non-hydrogen) atoms. The number of hydrogen-bond acceptors (Lipinski definition) is 1. The van der Waals surface area contributed by atoms with Crippen molar-refractivity contribution in [3.8, 4) is 0 Å². The predicted molar refractivity (Wildman–Crippen MR) is 87.0 cm³/mol. The van der Waals surface area contributed by atoms with Crippen LogP contribution >= 0.6 is 7.55 Å². The van der Waals surface area contributed by atoms with Crippen LogP contribution in [0.3, 0.4) is 0 Å². The Bertz CT molecular complexity index is 295. The van der Waals surface area contributed by atoms with Crippen LogP contribution in [-0.2, 0) is 0 Å². The van der Waals surface area contributed by atoms with Crippen LogP contribution in [0, 0.1) is 16.7 Å². The van der Waals surface area contributed by atoms with Crippen molar-refractivity contribution in [2.45, 2.75) is 53.9 Å². The molecule has 3 unspecified atom stereocenters. The highest BCUT2D eigenvalue weighted by atomic mass is 31.1. The lowest BCUT2D eigenvalue weighted by Gasteiger charge is -2.45. The van der Waals surface area contributed by atoms with Gasteiger partial charge < -0.3 is 0 Å². The van der Waals surface area contributed by atoms with Gasteiger partial charge in [-0.15, -0.1) is 0 Å². The van der Waals surface area contributed by atoms with E-state index >= 15 is 0 Å².